The molecule has 2 heterocycles. The van der Waals surface area contributed by atoms with Crippen LogP contribution >= 0.6 is 0 Å². The molecule has 0 bridgehead atoms. The van der Waals surface area contributed by atoms with Gasteiger partial charge >= 0.3 is 0 Å². The summed E-state index contributed by atoms with van der Waals surface area (Å²) >= 11 is 0. The molecule has 1 atom stereocenters. The number of benzene rings is 1. The van der Waals surface area contributed by atoms with Crippen molar-refractivity contribution in [1.82, 2.24) is 9.29 Å². The maximum Gasteiger partial charge on any atom is 0.274 e. The van der Waals surface area contributed by atoms with Crippen molar-refractivity contribution in [3.8, 4) is 0 Å². The van der Waals surface area contributed by atoms with E-state index in [0.717, 1.165) is 22.6 Å². The second-order valence-corrected chi connectivity index (χ2v) is 8.53. The summed E-state index contributed by atoms with van der Waals surface area (Å²) in [5.74, 6) is -2.62. The molecular weight excluding hydrogens is 451 g/mol. The molecule has 1 unspecified atom stereocenters. The van der Waals surface area contributed by atoms with E-state index in [4.69, 9.17) is 5.73 Å². The Bertz CT molecular complexity index is 1080. The first-order valence-electron chi connectivity index (χ1n) is 9.16. The fourth-order valence-electron chi connectivity index (χ4n) is 2.55. The smallest absolute Gasteiger partial charge is 0.274 e. The number of rotatable bonds is 5. The van der Waals surface area contributed by atoms with Crippen molar-refractivity contribution in [2.24, 2.45) is 10.7 Å². The number of nitrogens with one attached hydrogen (secondary N) is 1. The molecule has 1 aromatic carbocycles. The molecule has 13 heteroatoms. The van der Waals surface area contributed by atoms with Gasteiger partial charge in [0.15, 0.2) is 0 Å². The molecule has 1 aromatic heterocycles. The van der Waals surface area contributed by atoms with E-state index in [2.05, 4.69) is 20.0 Å². The van der Waals surface area contributed by atoms with Crippen LogP contribution < -0.4 is 11.1 Å². The van der Waals surface area contributed by atoms with E-state index >= 15 is 0 Å². The van der Waals surface area contributed by atoms with Gasteiger partial charge in [-0.3, -0.25) is 4.79 Å². The summed E-state index contributed by atoms with van der Waals surface area (Å²) in [5, 5.41) is 2.49. The van der Waals surface area contributed by atoms with Gasteiger partial charge < -0.3 is 15.8 Å². The van der Waals surface area contributed by atoms with Gasteiger partial charge in [0, 0.05) is 25.4 Å². The first kappa shape index (κ1) is 25.1. The van der Waals surface area contributed by atoms with Crippen LogP contribution in [0.2, 0.25) is 0 Å². The maximum absolute atomic E-state index is 14.2. The number of sulfonamides is 1. The van der Waals surface area contributed by atoms with E-state index in [1.54, 1.807) is 0 Å². The van der Waals surface area contributed by atoms with Gasteiger partial charge in [-0.2, -0.15) is 0 Å². The molecule has 3 N–H and O–H groups in total. The van der Waals surface area contributed by atoms with Crippen LogP contribution in [0.15, 0.2) is 41.5 Å². The molecule has 174 valence electrons. The number of aliphatic imine (C=N–C) groups is 1. The Morgan fingerprint density at radius 3 is 2.56 bits per heavy atom. The van der Waals surface area contributed by atoms with Gasteiger partial charge in [0.05, 0.1) is 24.6 Å². The number of amides is 1. The molecule has 32 heavy (non-hydrogen) atoms. The van der Waals surface area contributed by atoms with Gasteiger partial charge in [-0.1, -0.05) is 0 Å². The number of halogens is 3. The molecule has 1 amide bonds. The number of nitrogens with zero attached hydrogens (tertiary/aromatic N) is 3. The molecule has 3 rings (SSSR count). The Morgan fingerprint density at radius 1 is 1.31 bits per heavy atom. The number of carbonyl (C=O) groups is 1. The predicted molar refractivity (Wildman–Crippen MR) is 112 cm³/mol. The first-order chi connectivity index (χ1) is 15.1. The Labute approximate surface area is 183 Å². The number of aromatic nitrogens is 1. The number of carbonyl (C=O) groups excluding carboxylic acids is 1. The van der Waals surface area contributed by atoms with Gasteiger partial charge in [-0.15, -0.1) is 0 Å². The number of anilines is 1. The summed E-state index contributed by atoms with van der Waals surface area (Å²) in [6.45, 7) is -0.156. The summed E-state index contributed by atoms with van der Waals surface area (Å²) in [6.07, 6.45) is 0.895. The Kier molecular flexibility index (Phi) is 8.55. The standard InChI is InChI=1S/C16H15F2N5O3S.C3H7FO/c1-23-16(19)22-14(8-27(23,25)26)11-6-10(3-4-12(11)18)21-15(24)13-5-2-9(17)7-20-13;1-5-3-2-4/h2-7,14H,8H2,1H3,(H2,19,22)(H,21,24);2-3H2,1H3. The molecule has 0 spiro atoms. The molecule has 1 aliphatic rings. The quantitative estimate of drug-likeness (QED) is 0.682. The van der Waals surface area contributed by atoms with E-state index < -0.39 is 39.4 Å². The monoisotopic (exact) mass is 473 g/mol. The van der Waals surface area contributed by atoms with Crippen molar-refractivity contribution >= 4 is 27.6 Å². The van der Waals surface area contributed by atoms with Crippen LogP contribution in [0, 0.1) is 11.6 Å². The zero-order valence-corrected chi connectivity index (χ0v) is 18.1. The summed E-state index contributed by atoms with van der Waals surface area (Å²) in [6, 6.07) is 4.89. The third-order valence-electron chi connectivity index (χ3n) is 4.25. The lowest BCUT2D eigenvalue weighted by molar-refractivity contribution is 0.102. The maximum atomic E-state index is 14.2. The van der Waals surface area contributed by atoms with Crippen LogP contribution in [-0.4, -0.2) is 62.8 Å². The highest BCUT2D eigenvalue weighted by molar-refractivity contribution is 7.89. The molecule has 0 aliphatic carbocycles. The number of alkyl halides is 1. The van der Waals surface area contributed by atoms with Crippen LogP contribution in [0.25, 0.3) is 0 Å². The number of hydrogen-bond acceptors (Lipinski definition) is 7. The van der Waals surface area contributed by atoms with Crippen LogP contribution in [0.1, 0.15) is 22.1 Å². The minimum absolute atomic E-state index is 0.0282. The molecule has 0 radical (unpaired) electrons. The number of methoxy groups -OCH3 is 1. The van der Waals surface area contributed by atoms with Crippen molar-refractivity contribution in [3.05, 3.63) is 59.4 Å². The Balaban J connectivity index is 0.000000654. The lowest BCUT2D eigenvalue weighted by Crippen LogP contribution is -2.45. The van der Waals surface area contributed by atoms with Gasteiger partial charge in [-0.05, 0) is 30.3 Å². The van der Waals surface area contributed by atoms with Crippen molar-refractivity contribution in [1.29, 1.82) is 0 Å². The van der Waals surface area contributed by atoms with Gasteiger partial charge in [0.25, 0.3) is 5.91 Å². The summed E-state index contributed by atoms with van der Waals surface area (Å²) in [5.41, 5.74) is 5.74. The summed E-state index contributed by atoms with van der Waals surface area (Å²) < 4.78 is 67.3. The Morgan fingerprint density at radius 2 is 2.03 bits per heavy atom. The summed E-state index contributed by atoms with van der Waals surface area (Å²) in [7, 11) is -1.00. The number of guanidine groups is 1. The second kappa shape index (κ2) is 10.9. The number of hydrogen-bond donors (Lipinski definition) is 2. The second-order valence-electron chi connectivity index (χ2n) is 6.48. The Hall–Kier alpha value is -3.19. The van der Waals surface area contributed by atoms with Crippen LogP contribution in [0.5, 0.6) is 0 Å². The molecule has 0 saturated heterocycles. The fraction of sp³-hybridized carbons (Fsp3) is 0.316. The molecule has 0 fully saturated rings. The normalized spacial score (nSPS) is 17.1. The predicted octanol–water partition coefficient (Wildman–Crippen LogP) is 1.85. The first-order valence-corrected chi connectivity index (χ1v) is 10.8. The van der Waals surface area contributed by atoms with Crippen molar-refractivity contribution in [3.63, 3.8) is 0 Å². The average Bonchev–Trinajstić information content (AvgIpc) is 2.74. The zero-order valence-electron chi connectivity index (χ0n) is 17.3. The van der Waals surface area contributed by atoms with Gasteiger partial charge in [0.1, 0.15) is 24.0 Å². The molecule has 2 aromatic rings. The van der Waals surface area contributed by atoms with Crippen LogP contribution in [0.3, 0.4) is 0 Å². The number of pyridine rings is 1. The zero-order chi connectivity index (χ0) is 23.9. The van der Waals surface area contributed by atoms with E-state index in [1.807, 2.05) is 0 Å². The van der Waals surface area contributed by atoms with E-state index in [-0.39, 0.29) is 36.2 Å². The van der Waals surface area contributed by atoms with E-state index in [1.165, 1.54) is 32.4 Å². The van der Waals surface area contributed by atoms with Gasteiger partial charge in [0.2, 0.25) is 16.0 Å². The molecule has 0 saturated carbocycles. The van der Waals surface area contributed by atoms with Crippen molar-refractivity contribution in [2.45, 2.75) is 6.04 Å². The van der Waals surface area contributed by atoms with Crippen molar-refractivity contribution < 1.29 is 31.1 Å². The van der Waals surface area contributed by atoms with E-state index in [9.17, 15) is 26.4 Å². The highest BCUT2D eigenvalue weighted by atomic mass is 32.2. The summed E-state index contributed by atoms with van der Waals surface area (Å²) in [4.78, 5) is 19.8. The lowest BCUT2D eigenvalue weighted by atomic mass is 10.1. The number of nitrogens with two attached hydrogens (primary N) is 1. The average molecular weight is 473 g/mol. The third-order valence-corrected chi connectivity index (χ3v) is 6.01. The van der Waals surface area contributed by atoms with Crippen LogP contribution in [-0.2, 0) is 14.8 Å². The largest absolute Gasteiger partial charge is 0.382 e. The molecule has 9 nitrogen and oxygen atoms in total. The fourth-order valence-corrected chi connectivity index (χ4v) is 3.76. The topological polar surface area (TPSA) is 127 Å². The van der Waals surface area contributed by atoms with Crippen LogP contribution in [0.4, 0.5) is 18.9 Å². The minimum atomic E-state index is -3.73. The number of ether oxygens (including phenoxy) is 1. The van der Waals surface area contributed by atoms with E-state index in [0.29, 0.717) is 0 Å². The highest BCUT2D eigenvalue weighted by Crippen LogP contribution is 2.29. The lowest BCUT2D eigenvalue weighted by Gasteiger charge is -2.27. The molecule has 1 aliphatic heterocycles. The third kappa shape index (κ3) is 6.40. The highest BCUT2D eigenvalue weighted by Gasteiger charge is 2.32. The van der Waals surface area contributed by atoms with Crippen molar-refractivity contribution in [2.75, 3.05) is 38.5 Å². The minimum Gasteiger partial charge on any atom is -0.382 e. The van der Waals surface area contributed by atoms with Gasteiger partial charge in [-0.25, -0.2) is 35.9 Å². The molecular formula is C19H22F3N5O4S. The SMILES string of the molecule is CN1C(N)=NC(c2cc(NC(=O)c3ccc(F)cn3)ccc2F)CS1(=O)=O.COCCF.